The molecule has 0 aliphatic carbocycles. The van der Waals surface area contributed by atoms with Crippen LogP contribution in [0, 0.1) is 18.3 Å². The molecule has 1 heteroatoms. The number of allylic oxidation sites excluding steroid dienone is 4. The zero-order valence-corrected chi connectivity index (χ0v) is 14.9. The lowest BCUT2D eigenvalue weighted by Crippen LogP contribution is -1.97. The highest BCUT2D eigenvalue weighted by Gasteiger charge is 2.04. The Bertz CT molecular complexity index is 277. The molecule has 0 fully saturated rings. The van der Waals surface area contributed by atoms with Crippen LogP contribution in [0.25, 0.3) is 0 Å². The average Bonchev–Trinajstić information content (AvgIpc) is 2.52. The van der Waals surface area contributed by atoms with Crippen molar-refractivity contribution < 1.29 is 0 Å². The molecule has 0 aromatic carbocycles. The molecule has 0 saturated heterocycles. The Morgan fingerprint density at radius 3 is 1.95 bits per heavy atom. The molecule has 0 aliphatic heterocycles. The van der Waals surface area contributed by atoms with E-state index in [1.807, 2.05) is 0 Å². The molecular formula is C19H37N. The van der Waals surface area contributed by atoms with Crippen molar-refractivity contribution in [3.63, 3.8) is 0 Å². The number of rotatable bonds is 6. The van der Waals surface area contributed by atoms with Gasteiger partial charge < -0.3 is 5.73 Å². The van der Waals surface area contributed by atoms with E-state index in [2.05, 4.69) is 65.3 Å². The normalized spacial score (nSPS) is 12.3. The van der Waals surface area contributed by atoms with Crippen LogP contribution in [0.3, 0.4) is 0 Å². The standard InChI is InChI=1S/C14H22.C4H10.CH5N/c1-6-9-10-14(13(5)8-3)11-12(4)7-2;1-3-4-2;1-2/h3,7,11,13H,6,9-10H2,1-2,4-5H3;3-4H2,1-2H3;2H2,1H3/b12-7+,14-11+;;. The van der Waals surface area contributed by atoms with Crippen LogP contribution in [0.15, 0.2) is 23.3 Å². The second-order valence-corrected chi connectivity index (χ2v) is 4.74. The fourth-order valence-corrected chi connectivity index (χ4v) is 1.28. The summed E-state index contributed by atoms with van der Waals surface area (Å²) in [5, 5.41) is 0. The molecule has 0 aromatic rings. The summed E-state index contributed by atoms with van der Waals surface area (Å²) in [6.07, 6.45) is 16.0. The Kier molecular flexibility index (Phi) is 24.4. The Balaban J connectivity index is -0.000000410. The molecule has 20 heavy (non-hydrogen) atoms. The highest BCUT2D eigenvalue weighted by Crippen LogP contribution is 2.18. The highest BCUT2D eigenvalue weighted by atomic mass is 14.4. The van der Waals surface area contributed by atoms with Gasteiger partial charge in [0.25, 0.3) is 0 Å². The third-order valence-corrected chi connectivity index (χ3v) is 2.99. The first-order valence-corrected chi connectivity index (χ1v) is 7.94. The summed E-state index contributed by atoms with van der Waals surface area (Å²) in [5.74, 6) is 3.08. The monoisotopic (exact) mass is 279 g/mol. The second-order valence-electron chi connectivity index (χ2n) is 4.74. The van der Waals surface area contributed by atoms with E-state index in [1.54, 1.807) is 0 Å². The van der Waals surface area contributed by atoms with Crippen LogP contribution in [-0.4, -0.2) is 7.05 Å². The van der Waals surface area contributed by atoms with Crippen LogP contribution < -0.4 is 5.73 Å². The summed E-state index contributed by atoms with van der Waals surface area (Å²) >= 11 is 0. The zero-order valence-electron chi connectivity index (χ0n) is 14.9. The van der Waals surface area contributed by atoms with E-state index < -0.39 is 0 Å². The molecule has 0 heterocycles. The lowest BCUT2D eigenvalue weighted by atomic mass is 9.95. The minimum absolute atomic E-state index is 0.274. The van der Waals surface area contributed by atoms with Gasteiger partial charge in [-0.15, -0.1) is 6.42 Å². The van der Waals surface area contributed by atoms with Crippen molar-refractivity contribution in [3.8, 4) is 12.3 Å². The Labute approximate surface area is 128 Å². The summed E-state index contributed by atoms with van der Waals surface area (Å²) in [6.45, 7) is 12.9. The van der Waals surface area contributed by atoms with E-state index >= 15 is 0 Å². The first kappa shape index (κ1) is 24.0. The number of terminal acetylenes is 1. The summed E-state index contributed by atoms with van der Waals surface area (Å²) in [7, 11) is 1.50. The zero-order chi connectivity index (χ0) is 16.4. The van der Waals surface area contributed by atoms with Crippen molar-refractivity contribution in [2.75, 3.05) is 7.05 Å². The van der Waals surface area contributed by atoms with Crippen LogP contribution in [0.5, 0.6) is 0 Å². The maximum absolute atomic E-state index is 5.45. The van der Waals surface area contributed by atoms with Gasteiger partial charge in [0.15, 0.2) is 0 Å². The molecule has 0 aliphatic rings. The molecule has 0 rings (SSSR count). The molecule has 2 N–H and O–H groups in total. The van der Waals surface area contributed by atoms with Crippen LogP contribution in [0.4, 0.5) is 0 Å². The van der Waals surface area contributed by atoms with Gasteiger partial charge in [0.1, 0.15) is 0 Å². The van der Waals surface area contributed by atoms with Crippen molar-refractivity contribution in [1.82, 2.24) is 0 Å². The van der Waals surface area contributed by atoms with Gasteiger partial charge in [-0.2, -0.15) is 0 Å². The predicted molar refractivity (Wildman–Crippen MR) is 95.7 cm³/mol. The van der Waals surface area contributed by atoms with E-state index in [9.17, 15) is 0 Å². The first-order valence-electron chi connectivity index (χ1n) is 7.94. The number of hydrogen-bond donors (Lipinski definition) is 1. The summed E-state index contributed by atoms with van der Waals surface area (Å²) in [4.78, 5) is 0. The molecule has 0 bridgehead atoms. The minimum atomic E-state index is 0.274. The van der Waals surface area contributed by atoms with Crippen LogP contribution in [0.1, 0.15) is 73.6 Å². The number of hydrogen-bond acceptors (Lipinski definition) is 1. The molecule has 1 atom stereocenters. The summed E-state index contributed by atoms with van der Waals surface area (Å²) < 4.78 is 0. The van der Waals surface area contributed by atoms with E-state index in [0.717, 1.165) is 6.42 Å². The maximum atomic E-state index is 5.45. The molecule has 1 unspecified atom stereocenters. The Hall–Kier alpha value is -1.00. The van der Waals surface area contributed by atoms with Gasteiger partial charge in [-0.25, -0.2) is 0 Å². The third kappa shape index (κ3) is 17.0. The maximum Gasteiger partial charge on any atom is 0.0384 e. The molecule has 0 saturated carbocycles. The SMILES string of the molecule is C#CC(C)/C(=C/C(C)=C/C)CCCC.CCCC.CN. The van der Waals surface area contributed by atoms with Gasteiger partial charge in [-0.3, -0.25) is 0 Å². The number of unbranched alkanes of at least 4 members (excludes halogenated alkanes) is 2. The molecule has 0 aromatic heterocycles. The lowest BCUT2D eigenvalue weighted by molar-refractivity contribution is 0.724. The fraction of sp³-hybridized carbons (Fsp3) is 0.684. The largest absolute Gasteiger partial charge is 0.333 e. The van der Waals surface area contributed by atoms with E-state index in [1.165, 1.54) is 43.9 Å². The molecule has 1 nitrogen and oxygen atoms in total. The van der Waals surface area contributed by atoms with Crippen molar-refractivity contribution in [2.45, 2.75) is 73.6 Å². The van der Waals surface area contributed by atoms with Crippen LogP contribution in [-0.2, 0) is 0 Å². The minimum Gasteiger partial charge on any atom is -0.333 e. The average molecular weight is 280 g/mol. The Morgan fingerprint density at radius 1 is 1.15 bits per heavy atom. The van der Waals surface area contributed by atoms with Crippen molar-refractivity contribution in [2.24, 2.45) is 11.7 Å². The fourth-order valence-electron chi connectivity index (χ4n) is 1.28. The van der Waals surface area contributed by atoms with Gasteiger partial charge in [0.05, 0.1) is 0 Å². The smallest absolute Gasteiger partial charge is 0.0384 e. The van der Waals surface area contributed by atoms with E-state index in [4.69, 9.17) is 6.42 Å². The van der Waals surface area contributed by atoms with Crippen molar-refractivity contribution in [1.29, 1.82) is 0 Å². The molecular weight excluding hydrogens is 242 g/mol. The summed E-state index contributed by atoms with van der Waals surface area (Å²) in [5.41, 5.74) is 7.20. The molecule has 0 spiro atoms. The summed E-state index contributed by atoms with van der Waals surface area (Å²) in [6, 6.07) is 0. The third-order valence-electron chi connectivity index (χ3n) is 2.99. The van der Waals surface area contributed by atoms with Gasteiger partial charge >= 0.3 is 0 Å². The molecule has 0 radical (unpaired) electrons. The highest BCUT2D eigenvalue weighted by molar-refractivity contribution is 5.26. The van der Waals surface area contributed by atoms with Gasteiger partial charge in [-0.1, -0.05) is 69.3 Å². The first-order chi connectivity index (χ1) is 9.56. The lowest BCUT2D eigenvalue weighted by Gasteiger charge is -2.10. The topological polar surface area (TPSA) is 26.0 Å². The quantitative estimate of drug-likeness (QED) is 0.488. The van der Waals surface area contributed by atoms with E-state index in [-0.39, 0.29) is 5.92 Å². The van der Waals surface area contributed by atoms with Gasteiger partial charge in [0, 0.05) is 5.92 Å². The van der Waals surface area contributed by atoms with Gasteiger partial charge in [0.2, 0.25) is 0 Å². The Morgan fingerprint density at radius 2 is 1.65 bits per heavy atom. The van der Waals surface area contributed by atoms with Crippen LogP contribution >= 0.6 is 0 Å². The van der Waals surface area contributed by atoms with Gasteiger partial charge in [-0.05, 0) is 40.7 Å². The number of nitrogens with two attached hydrogens (primary N) is 1. The van der Waals surface area contributed by atoms with E-state index in [0.29, 0.717) is 0 Å². The van der Waals surface area contributed by atoms with Crippen molar-refractivity contribution >= 4 is 0 Å². The van der Waals surface area contributed by atoms with Crippen LogP contribution in [0.2, 0.25) is 0 Å². The second kappa shape index (κ2) is 20.3. The van der Waals surface area contributed by atoms with Crippen molar-refractivity contribution in [3.05, 3.63) is 23.3 Å². The predicted octanol–water partition coefficient (Wildman–Crippen LogP) is 5.72. The molecule has 0 amide bonds. The molecule has 118 valence electrons.